The lowest BCUT2D eigenvalue weighted by molar-refractivity contribution is 0.108. The number of nitrogens with zero attached hydrogens (tertiary/aromatic N) is 2. The fraction of sp³-hybridized carbons (Fsp3) is 0. The van der Waals surface area contributed by atoms with Gasteiger partial charge in [-0.15, -0.1) is 10.2 Å². The average molecular weight is 440 g/mol. The predicted molar refractivity (Wildman–Crippen MR) is 91.8 cm³/mol. The number of hydrogen-bond donors (Lipinski definition) is 0. The van der Waals surface area contributed by atoms with Gasteiger partial charge in [0.05, 0.1) is 0 Å². The van der Waals surface area contributed by atoms with Gasteiger partial charge in [0.2, 0.25) is 11.0 Å². The lowest BCUT2D eigenvalue weighted by Crippen LogP contribution is -1.92. The molecule has 0 aliphatic heterocycles. The van der Waals surface area contributed by atoms with Crippen LogP contribution in [0, 0.1) is 0 Å². The zero-order valence-electron chi connectivity index (χ0n) is 11.0. The number of aromatic nitrogens is 2. The monoisotopic (exact) mass is 438 g/mol. The molecule has 7 heteroatoms. The van der Waals surface area contributed by atoms with Crippen molar-refractivity contribution in [2.24, 2.45) is 0 Å². The van der Waals surface area contributed by atoms with Gasteiger partial charge in [0, 0.05) is 31.8 Å². The summed E-state index contributed by atoms with van der Waals surface area (Å²) >= 11 is 7.62. The van der Waals surface area contributed by atoms with Crippen molar-refractivity contribution in [1.82, 2.24) is 10.2 Å². The Morgan fingerprint density at radius 2 is 1.50 bits per heavy atom. The summed E-state index contributed by atoms with van der Waals surface area (Å²) < 4.78 is 7.41. The molecule has 0 aliphatic rings. The Balaban J connectivity index is 1.75. The summed E-state index contributed by atoms with van der Waals surface area (Å²) in [5, 5.41) is 7.95. The zero-order chi connectivity index (χ0) is 15.5. The van der Waals surface area contributed by atoms with Crippen LogP contribution < -0.4 is 0 Å². The number of benzene rings is 2. The summed E-state index contributed by atoms with van der Waals surface area (Å²) in [7, 11) is 0. The van der Waals surface area contributed by atoms with E-state index in [1.807, 2.05) is 36.4 Å². The Labute approximate surface area is 147 Å². The topological polar surface area (TPSA) is 56.0 Å². The molecular formula is C15H8Br2N2O2S. The molecule has 0 saturated carbocycles. The van der Waals surface area contributed by atoms with E-state index in [0.717, 1.165) is 26.3 Å². The van der Waals surface area contributed by atoms with E-state index in [1.54, 1.807) is 12.1 Å². The smallest absolute Gasteiger partial charge is 0.284 e. The molecule has 1 heterocycles. The van der Waals surface area contributed by atoms with Crippen molar-refractivity contribution in [2.75, 3.05) is 0 Å². The van der Waals surface area contributed by atoms with E-state index in [2.05, 4.69) is 42.1 Å². The minimum Gasteiger partial charge on any atom is -0.411 e. The molecule has 0 N–H and O–H groups in total. The second-order valence-electron chi connectivity index (χ2n) is 4.28. The van der Waals surface area contributed by atoms with Gasteiger partial charge in [-0.3, -0.25) is 4.79 Å². The highest BCUT2D eigenvalue weighted by Gasteiger charge is 2.14. The van der Waals surface area contributed by atoms with Crippen LogP contribution >= 0.6 is 43.6 Å². The molecule has 0 fully saturated rings. The van der Waals surface area contributed by atoms with Crippen LogP contribution in [0.25, 0.3) is 11.5 Å². The van der Waals surface area contributed by atoms with Gasteiger partial charge in [0.1, 0.15) is 0 Å². The maximum Gasteiger partial charge on any atom is 0.284 e. The van der Waals surface area contributed by atoms with Crippen molar-refractivity contribution in [2.45, 2.75) is 5.22 Å². The molecule has 0 atom stereocenters. The van der Waals surface area contributed by atoms with E-state index in [9.17, 15) is 4.79 Å². The van der Waals surface area contributed by atoms with E-state index >= 15 is 0 Å². The Morgan fingerprint density at radius 3 is 2.14 bits per heavy atom. The summed E-state index contributed by atoms with van der Waals surface area (Å²) in [6.45, 7) is 0. The Kier molecular flexibility index (Phi) is 4.75. The average Bonchev–Trinajstić information content (AvgIpc) is 2.97. The van der Waals surface area contributed by atoms with Crippen molar-refractivity contribution in [3.63, 3.8) is 0 Å². The first-order valence-electron chi connectivity index (χ1n) is 6.19. The number of thioether (sulfide) groups is 1. The molecule has 22 heavy (non-hydrogen) atoms. The summed E-state index contributed by atoms with van der Waals surface area (Å²) in [5.74, 6) is 0.388. The van der Waals surface area contributed by atoms with Crippen LogP contribution in [0.4, 0.5) is 0 Å². The van der Waals surface area contributed by atoms with Gasteiger partial charge in [0.25, 0.3) is 5.22 Å². The number of rotatable bonds is 3. The summed E-state index contributed by atoms with van der Waals surface area (Å²) in [6.07, 6.45) is 0. The molecule has 4 nitrogen and oxygen atoms in total. The second kappa shape index (κ2) is 6.76. The molecule has 0 saturated heterocycles. The number of hydrogen-bond acceptors (Lipinski definition) is 5. The third-order valence-electron chi connectivity index (χ3n) is 2.76. The standard InChI is InChI=1S/C15H8Br2N2O2S/c16-11-5-1-9(2-6-11)13-18-19-15(21-13)22-14(20)10-3-7-12(17)8-4-10/h1-8H. The SMILES string of the molecule is O=C(Sc1nnc(-c2ccc(Br)cc2)o1)c1ccc(Br)cc1. The van der Waals surface area contributed by atoms with E-state index in [-0.39, 0.29) is 10.3 Å². The van der Waals surface area contributed by atoms with Gasteiger partial charge in [0.15, 0.2) is 0 Å². The summed E-state index contributed by atoms with van der Waals surface area (Å²) in [4.78, 5) is 12.1. The lowest BCUT2D eigenvalue weighted by Gasteiger charge is -1.97. The van der Waals surface area contributed by atoms with Gasteiger partial charge in [-0.1, -0.05) is 31.9 Å². The van der Waals surface area contributed by atoms with Crippen LogP contribution in [-0.4, -0.2) is 15.3 Å². The Hall–Kier alpha value is -1.44. The number of carbonyl (C=O) groups excluding carboxylic acids is 1. The van der Waals surface area contributed by atoms with Crippen LogP contribution in [0.2, 0.25) is 0 Å². The highest BCUT2D eigenvalue weighted by molar-refractivity contribution is 9.10. The summed E-state index contributed by atoms with van der Waals surface area (Å²) in [5.41, 5.74) is 1.38. The molecule has 0 spiro atoms. The predicted octanol–water partition coefficient (Wildman–Crippen LogP) is 5.19. The van der Waals surface area contributed by atoms with E-state index < -0.39 is 0 Å². The molecule has 0 aliphatic carbocycles. The normalized spacial score (nSPS) is 10.6. The first-order chi connectivity index (χ1) is 10.6. The largest absolute Gasteiger partial charge is 0.411 e. The molecule has 1 aromatic heterocycles. The molecule has 110 valence electrons. The molecule has 0 unspecified atom stereocenters. The third-order valence-corrected chi connectivity index (χ3v) is 4.58. The highest BCUT2D eigenvalue weighted by Crippen LogP contribution is 2.27. The third kappa shape index (κ3) is 3.66. The molecule has 0 amide bonds. The van der Waals surface area contributed by atoms with Crippen LogP contribution in [0.3, 0.4) is 0 Å². The van der Waals surface area contributed by atoms with Gasteiger partial charge in [-0.2, -0.15) is 0 Å². The van der Waals surface area contributed by atoms with Gasteiger partial charge in [-0.25, -0.2) is 0 Å². The minimum atomic E-state index is -0.140. The van der Waals surface area contributed by atoms with E-state index in [4.69, 9.17) is 4.42 Å². The van der Waals surface area contributed by atoms with Crippen LogP contribution in [-0.2, 0) is 0 Å². The van der Waals surface area contributed by atoms with Crippen molar-refractivity contribution in [3.8, 4) is 11.5 Å². The Morgan fingerprint density at radius 1 is 0.909 bits per heavy atom. The minimum absolute atomic E-state index is 0.140. The molecule has 0 bridgehead atoms. The molecule has 3 aromatic rings. The van der Waals surface area contributed by atoms with Crippen molar-refractivity contribution in [3.05, 3.63) is 63.0 Å². The van der Waals surface area contributed by atoms with E-state index in [1.165, 1.54) is 0 Å². The first kappa shape index (κ1) is 15.5. The first-order valence-corrected chi connectivity index (χ1v) is 8.59. The number of carbonyl (C=O) groups is 1. The summed E-state index contributed by atoms with van der Waals surface area (Å²) in [6, 6.07) is 14.6. The quantitative estimate of drug-likeness (QED) is 0.525. The highest BCUT2D eigenvalue weighted by atomic mass is 79.9. The van der Waals surface area contributed by atoms with Gasteiger partial charge < -0.3 is 4.42 Å². The van der Waals surface area contributed by atoms with Gasteiger partial charge >= 0.3 is 0 Å². The maximum atomic E-state index is 12.1. The second-order valence-corrected chi connectivity index (χ2v) is 7.03. The van der Waals surface area contributed by atoms with Crippen LogP contribution in [0.5, 0.6) is 0 Å². The fourth-order valence-corrected chi connectivity index (χ4v) is 2.83. The van der Waals surface area contributed by atoms with Gasteiger partial charge in [-0.05, 0) is 48.5 Å². The van der Waals surface area contributed by atoms with E-state index in [0.29, 0.717) is 11.5 Å². The Bertz CT molecular complexity index is 801. The zero-order valence-corrected chi connectivity index (χ0v) is 15.0. The van der Waals surface area contributed by atoms with Crippen molar-refractivity contribution < 1.29 is 9.21 Å². The molecule has 2 aromatic carbocycles. The fourth-order valence-electron chi connectivity index (χ4n) is 1.68. The lowest BCUT2D eigenvalue weighted by atomic mass is 10.2. The molecule has 3 rings (SSSR count). The van der Waals surface area contributed by atoms with Crippen LogP contribution in [0.1, 0.15) is 10.4 Å². The van der Waals surface area contributed by atoms with Crippen molar-refractivity contribution >= 4 is 48.7 Å². The number of halogens is 2. The molecular weight excluding hydrogens is 432 g/mol. The van der Waals surface area contributed by atoms with Crippen LogP contribution in [0.15, 0.2) is 67.1 Å². The van der Waals surface area contributed by atoms with Crippen molar-refractivity contribution in [1.29, 1.82) is 0 Å². The molecule has 0 radical (unpaired) electrons. The maximum absolute atomic E-state index is 12.1.